The van der Waals surface area contributed by atoms with E-state index in [-0.39, 0.29) is 12.1 Å². The fourth-order valence-corrected chi connectivity index (χ4v) is 3.02. The second kappa shape index (κ2) is 7.66. The zero-order valence-electron chi connectivity index (χ0n) is 13.6. The summed E-state index contributed by atoms with van der Waals surface area (Å²) in [6.07, 6.45) is 0.871. The van der Waals surface area contributed by atoms with Crippen molar-refractivity contribution in [3.8, 4) is 5.75 Å². The predicted molar refractivity (Wildman–Crippen MR) is 87.8 cm³/mol. The fourth-order valence-electron chi connectivity index (χ4n) is 3.02. The molecule has 3 rings (SSSR count). The molecule has 0 bridgehead atoms. The molecule has 0 spiro atoms. The van der Waals surface area contributed by atoms with Crippen LogP contribution in [-0.4, -0.2) is 62.5 Å². The van der Waals surface area contributed by atoms with Gasteiger partial charge in [0.15, 0.2) is 0 Å². The van der Waals surface area contributed by atoms with Gasteiger partial charge in [-0.1, -0.05) is 18.2 Å². The first-order valence-corrected chi connectivity index (χ1v) is 8.30. The summed E-state index contributed by atoms with van der Waals surface area (Å²) in [5.41, 5.74) is 1.21. The molecule has 6 heteroatoms. The van der Waals surface area contributed by atoms with Crippen LogP contribution in [0.4, 0.5) is 4.79 Å². The lowest BCUT2D eigenvalue weighted by Gasteiger charge is -2.32. The van der Waals surface area contributed by atoms with E-state index in [9.17, 15) is 4.79 Å². The summed E-state index contributed by atoms with van der Waals surface area (Å²) in [6.45, 7) is 6.69. The van der Waals surface area contributed by atoms with E-state index >= 15 is 0 Å². The molecule has 6 nitrogen and oxygen atoms in total. The van der Waals surface area contributed by atoms with Gasteiger partial charge in [-0.3, -0.25) is 4.90 Å². The van der Waals surface area contributed by atoms with Crippen LogP contribution < -0.4 is 15.4 Å². The third-order valence-electron chi connectivity index (χ3n) is 4.43. The average Bonchev–Trinajstić information content (AvgIpc) is 3.01. The van der Waals surface area contributed by atoms with E-state index < -0.39 is 0 Å². The molecular formula is C17H25N3O3. The number of carbonyl (C=O) groups excluding carboxylic acids is 1. The van der Waals surface area contributed by atoms with E-state index in [1.165, 1.54) is 5.56 Å². The molecule has 23 heavy (non-hydrogen) atoms. The third kappa shape index (κ3) is 4.36. The number of benzene rings is 1. The largest absolute Gasteiger partial charge is 0.488 e. The van der Waals surface area contributed by atoms with Gasteiger partial charge in [-0.2, -0.15) is 0 Å². The number of hydrogen-bond acceptors (Lipinski definition) is 4. The Bertz CT molecular complexity index is 507. The van der Waals surface area contributed by atoms with Crippen LogP contribution in [-0.2, 0) is 11.2 Å². The Balaban J connectivity index is 1.34. The summed E-state index contributed by atoms with van der Waals surface area (Å²) in [5.74, 6) is 0.931. The number of hydrogen-bond donors (Lipinski definition) is 2. The standard InChI is InChI=1S/C17H25N3O3/c1-13(20-6-8-22-9-7-20)11-18-17(21)19-12-15-10-14-4-2-3-5-16(14)23-15/h2-5,13,15H,6-12H2,1H3,(H2,18,19,21)/t13-,15-/m1/s1. The van der Waals surface area contributed by atoms with E-state index in [0.29, 0.717) is 19.1 Å². The smallest absolute Gasteiger partial charge is 0.314 e. The third-order valence-corrected chi connectivity index (χ3v) is 4.43. The van der Waals surface area contributed by atoms with Crippen LogP contribution in [0.3, 0.4) is 0 Å². The van der Waals surface area contributed by atoms with Crippen molar-refractivity contribution in [1.29, 1.82) is 0 Å². The zero-order valence-corrected chi connectivity index (χ0v) is 13.6. The molecule has 1 saturated heterocycles. The Morgan fingerprint density at radius 3 is 2.87 bits per heavy atom. The number of carbonyl (C=O) groups is 1. The molecule has 0 aromatic heterocycles. The lowest BCUT2D eigenvalue weighted by Crippen LogP contribution is -2.49. The van der Waals surface area contributed by atoms with Crippen molar-refractivity contribution in [3.05, 3.63) is 29.8 Å². The van der Waals surface area contributed by atoms with Crippen LogP contribution in [0.25, 0.3) is 0 Å². The quantitative estimate of drug-likeness (QED) is 0.850. The van der Waals surface area contributed by atoms with Crippen molar-refractivity contribution in [3.63, 3.8) is 0 Å². The van der Waals surface area contributed by atoms with Gasteiger partial charge in [0.05, 0.1) is 19.8 Å². The molecule has 0 saturated carbocycles. The van der Waals surface area contributed by atoms with Crippen molar-refractivity contribution in [2.75, 3.05) is 39.4 Å². The highest BCUT2D eigenvalue weighted by Crippen LogP contribution is 2.27. The van der Waals surface area contributed by atoms with Crippen LogP contribution in [0.15, 0.2) is 24.3 Å². The molecule has 2 amide bonds. The molecular weight excluding hydrogens is 294 g/mol. The van der Waals surface area contributed by atoms with Crippen LogP contribution >= 0.6 is 0 Å². The van der Waals surface area contributed by atoms with Gasteiger partial charge in [0.2, 0.25) is 0 Å². The van der Waals surface area contributed by atoms with Crippen molar-refractivity contribution in [1.82, 2.24) is 15.5 Å². The van der Waals surface area contributed by atoms with Crippen molar-refractivity contribution in [2.24, 2.45) is 0 Å². The van der Waals surface area contributed by atoms with Gasteiger partial charge in [0.1, 0.15) is 11.9 Å². The number of nitrogens with one attached hydrogen (secondary N) is 2. The zero-order chi connectivity index (χ0) is 16.1. The average molecular weight is 319 g/mol. The lowest BCUT2D eigenvalue weighted by atomic mass is 10.1. The SMILES string of the molecule is C[C@H](CNC(=O)NC[C@H]1Cc2ccccc2O1)N1CCOCC1. The second-order valence-electron chi connectivity index (χ2n) is 6.14. The number of amides is 2. The highest BCUT2D eigenvalue weighted by Gasteiger charge is 2.23. The van der Waals surface area contributed by atoms with Crippen molar-refractivity contribution >= 4 is 6.03 Å². The maximum absolute atomic E-state index is 11.9. The minimum atomic E-state index is -0.135. The molecule has 2 aliphatic rings. The minimum absolute atomic E-state index is 0.0230. The Hall–Kier alpha value is -1.79. The number of rotatable bonds is 5. The lowest BCUT2D eigenvalue weighted by molar-refractivity contribution is 0.0209. The number of nitrogens with zero attached hydrogens (tertiary/aromatic N) is 1. The van der Waals surface area contributed by atoms with E-state index in [1.807, 2.05) is 18.2 Å². The first-order chi connectivity index (χ1) is 11.2. The van der Waals surface area contributed by atoms with Gasteiger partial charge in [-0.25, -0.2) is 4.79 Å². The van der Waals surface area contributed by atoms with Gasteiger partial charge in [0.25, 0.3) is 0 Å². The molecule has 0 radical (unpaired) electrons. The first-order valence-electron chi connectivity index (χ1n) is 8.30. The summed E-state index contributed by atoms with van der Waals surface area (Å²) < 4.78 is 11.2. The molecule has 126 valence electrons. The van der Waals surface area contributed by atoms with E-state index in [4.69, 9.17) is 9.47 Å². The molecule has 2 N–H and O–H groups in total. The molecule has 2 heterocycles. The summed E-state index contributed by atoms with van der Waals surface area (Å²) in [7, 11) is 0. The molecule has 1 aromatic carbocycles. The van der Waals surface area contributed by atoms with Crippen molar-refractivity contribution < 1.29 is 14.3 Å². The van der Waals surface area contributed by atoms with E-state index in [1.54, 1.807) is 0 Å². The van der Waals surface area contributed by atoms with Gasteiger partial charge in [-0.05, 0) is 18.6 Å². The van der Waals surface area contributed by atoms with Gasteiger partial charge < -0.3 is 20.1 Å². The normalized spacial score (nSPS) is 22.0. The maximum atomic E-state index is 11.9. The second-order valence-corrected chi connectivity index (χ2v) is 6.14. The molecule has 1 fully saturated rings. The Morgan fingerprint density at radius 1 is 1.30 bits per heavy atom. The van der Waals surface area contributed by atoms with Gasteiger partial charge in [0, 0.05) is 32.1 Å². The highest BCUT2D eigenvalue weighted by atomic mass is 16.5. The molecule has 0 aliphatic carbocycles. The summed E-state index contributed by atoms with van der Waals surface area (Å²) in [6, 6.07) is 8.20. The van der Waals surface area contributed by atoms with Crippen LogP contribution in [0.5, 0.6) is 5.75 Å². The molecule has 2 aliphatic heterocycles. The Labute approximate surface area is 137 Å². The Morgan fingerprint density at radius 2 is 2.09 bits per heavy atom. The molecule has 0 unspecified atom stereocenters. The predicted octanol–water partition coefficient (Wildman–Crippen LogP) is 1.01. The number of fused-ring (bicyclic) bond motifs is 1. The topological polar surface area (TPSA) is 62.8 Å². The van der Waals surface area contributed by atoms with E-state index in [2.05, 4.69) is 28.5 Å². The summed E-state index contributed by atoms with van der Waals surface area (Å²) in [5, 5.41) is 5.84. The first kappa shape index (κ1) is 16.1. The number of morpholine rings is 1. The number of urea groups is 1. The monoisotopic (exact) mass is 319 g/mol. The minimum Gasteiger partial charge on any atom is -0.488 e. The van der Waals surface area contributed by atoms with E-state index in [0.717, 1.165) is 38.5 Å². The van der Waals surface area contributed by atoms with Gasteiger partial charge >= 0.3 is 6.03 Å². The molecule has 1 aromatic rings. The summed E-state index contributed by atoms with van der Waals surface area (Å²) >= 11 is 0. The van der Waals surface area contributed by atoms with Crippen molar-refractivity contribution in [2.45, 2.75) is 25.5 Å². The summed E-state index contributed by atoms with van der Waals surface area (Å²) in [4.78, 5) is 14.3. The van der Waals surface area contributed by atoms with Crippen LogP contribution in [0, 0.1) is 0 Å². The number of ether oxygens (including phenoxy) is 2. The Kier molecular flexibility index (Phi) is 5.35. The highest BCUT2D eigenvalue weighted by molar-refractivity contribution is 5.73. The van der Waals surface area contributed by atoms with Crippen LogP contribution in [0.2, 0.25) is 0 Å². The van der Waals surface area contributed by atoms with Gasteiger partial charge in [-0.15, -0.1) is 0 Å². The van der Waals surface area contributed by atoms with Crippen LogP contribution in [0.1, 0.15) is 12.5 Å². The fraction of sp³-hybridized carbons (Fsp3) is 0.588. The maximum Gasteiger partial charge on any atom is 0.314 e. The molecule has 2 atom stereocenters. The number of para-hydroxylation sites is 1.